The van der Waals surface area contributed by atoms with Gasteiger partial charge in [-0.25, -0.2) is 4.39 Å². The second kappa shape index (κ2) is 8.12. The SMILES string of the molecule is OCC(O)Cn1cc2nccc(Nc3ccnc(-c4cc(Cl)ccc4F)c3)c2n1. The molecule has 7 nitrogen and oxygen atoms in total. The van der Waals surface area contributed by atoms with Gasteiger partial charge in [0.05, 0.1) is 36.8 Å². The Morgan fingerprint density at radius 3 is 2.79 bits per heavy atom. The maximum absolute atomic E-state index is 14.2. The number of aliphatic hydroxyl groups is 2. The third-order valence-corrected chi connectivity index (χ3v) is 4.54. The molecule has 0 aliphatic carbocycles. The molecule has 3 heterocycles. The maximum Gasteiger partial charge on any atom is 0.134 e. The first-order chi connectivity index (χ1) is 14.0. The van der Waals surface area contributed by atoms with E-state index in [1.807, 2.05) is 0 Å². The molecule has 0 saturated heterocycles. The number of fused-ring (bicyclic) bond motifs is 1. The number of halogens is 2. The van der Waals surface area contributed by atoms with Crippen molar-refractivity contribution < 1.29 is 14.6 Å². The molecule has 0 spiro atoms. The van der Waals surface area contributed by atoms with Crippen molar-refractivity contribution in [3.05, 3.63) is 65.8 Å². The molecule has 0 amide bonds. The fourth-order valence-electron chi connectivity index (χ4n) is 2.94. The lowest BCUT2D eigenvalue weighted by molar-refractivity contribution is 0.0784. The molecule has 3 N–H and O–H groups in total. The van der Waals surface area contributed by atoms with Gasteiger partial charge in [0.2, 0.25) is 0 Å². The van der Waals surface area contributed by atoms with E-state index in [9.17, 15) is 9.50 Å². The fourth-order valence-corrected chi connectivity index (χ4v) is 3.11. The minimum atomic E-state index is -0.906. The first-order valence-corrected chi connectivity index (χ1v) is 9.21. The van der Waals surface area contributed by atoms with E-state index >= 15 is 0 Å². The standard InChI is InChI=1S/C20H17ClFN5O2/c21-12-1-2-16(22)15(7-12)18-8-13(3-5-23-18)25-17-4-6-24-19-10-27(26-20(17)19)9-14(29)11-28/h1-8,10,14,28-29H,9,11H2,(H,23,25). The first-order valence-electron chi connectivity index (χ1n) is 8.83. The molecule has 29 heavy (non-hydrogen) atoms. The minimum absolute atomic E-state index is 0.153. The molecule has 1 atom stereocenters. The van der Waals surface area contributed by atoms with Crippen LogP contribution in [0.3, 0.4) is 0 Å². The van der Waals surface area contributed by atoms with Gasteiger partial charge in [0, 0.05) is 28.7 Å². The van der Waals surface area contributed by atoms with Crippen LogP contribution in [0.25, 0.3) is 22.3 Å². The van der Waals surface area contributed by atoms with Gasteiger partial charge in [0.25, 0.3) is 0 Å². The van der Waals surface area contributed by atoms with E-state index in [2.05, 4.69) is 20.4 Å². The molecule has 9 heteroatoms. The molecule has 0 aliphatic heterocycles. The van der Waals surface area contributed by atoms with Crippen molar-refractivity contribution in [3.8, 4) is 11.3 Å². The highest BCUT2D eigenvalue weighted by atomic mass is 35.5. The predicted octanol–water partition coefficient (Wildman–Crippen LogP) is 3.38. The molecule has 3 aromatic heterocycles. The van der Waals surface area contributed by atoms with Gasteiger partial charge in [-0.2, -0.15) is 5.10 Å². The Bertz CT molecular complexity index is 1170. The number of aromatic nitrogens is 4. The molecule has 148 valence electrons. The monoisotopic (exact) mass is 413 g/mol. The second-order valence-electron chi connectivity index (χ2n) is 6.46. The number of rotatable bonds is 6. The first kappa shape index (κ1) is 19.3. The average molecular weight is 414 g/mol. The highest BCUT2D eigenvalue weighted by Gasteiger charge is 2.12. The topological polar surface area (TPSA) is 96.1 Å². The number of pyridine rings is 2. The zero-order chi connectivity index (χ0) is 20.4. The quantitative estimate of drug-likeness (QED) is 0.448. The molecule has 0 saturated carbocycles. The summed E-state index contributed by atoms with van der Waals surface area (Å²) in [7, 11) is 0. The van der Waals surface area contributed by atoms with E-state index < -0.39 is 11.9 Å². The van der Waals surface area contributed by atoms with Crippen LogP contribution in [0.15, 0.2) is 55.0 Å². The van der Waals surface area contributed by atoms with Crippen LogP contribution in [0.5, 0.6) is 0 Å². The lowest BCUT2D eigenvalue weighted by Crippen LogP contribution is -2.19. The second-order valence-corrected chi connectivity index (χ2v) is 6.90. The number of nitrogens with zero attached hydrogens (tertiary/aromatic N) is 4. The van der Waals surface area contributed by atoms with Crippen molar-refractivity contribution in [1.82, 2.24) is 19.7 Å². The van der Waals surface area contributed by atoms with Crippen LogP contribution < -0.4 is 5.32 Å². The van der Waals surface area contributed by atoms with E-state index in [-0.39, 0.29) is 13.2 Å². The van der Waals surface area contributed by atoms with Gasteiger partial charge in [-0.3, -0.25) is 14.6 Å². The summed E-state index contributed by atoms with van der Waals surface area (Å²) in [5.74, 6) is -0.411. The Kier molecular flexibility index (Phi) is 5.39. The number of hydrogen-bond acceptors (Lipinski definition) is 6. The van der Waals surface area contributed by atoms with Gasteiger partial charge in [-0.15, -0.1) is 0 Å². The smallest absolute Gasteiger partial charge is 0.134 e. The summed E-state index contributed by atoms with van der Waals surface area (Å²) >= 11 is 5.99. The normalized spacial score (nSPS) is 12.3. The number of nitrogens with one attached hydrogen (secondary N) is 1. The summed E-state index contributed by atoms with van der Waals surface area (Å²) in [5.41, 5.74) is 3.36. The molecular weight excluding hydrogens is 397 g/mol. The molecular formula is C20H17ClFN5O2. The van der Waals surface area contributed by atoms with Crippen molar-refractivity contribution in [2.24, 2.45) is 0 Å². The Morgan fingerprint density at radius 2 is 1.97 bits per heavy atom. The zero-order valence-corrected chi connectivity index (χ0v) is 15.9. The molecule has 4 aromatic rings. The summed E-state index contributed by atoms with van der Waals surface area (Å²) in [6.07, 6.45) is 4.00. The van der Waals surface area contributed by atoms with Gasteiger partial charge in [0.15, 0.2) is 0 Å². The van der Waals surface area contributed by atoms with E-state index in [0.29, 0.717) is 38.7 Å². The highest BCUT2D eigenvalue weighted by Crippen LogP contribution is 2.29. The lowest BCUT2D eigenvalue weighted by Gasteiger charge is -2.09. The van der Waals surface area contributed by atoms with Crippen molar-refractivity contribution in [1.29, 1.82) is 0 Å². The molecule has 0 radical (unpaired) electrons. The van der Waals surface area contributed by atoms with Gasteiger partial charge in [-0.05, 0) is 36.4 Å². The van der Waals surface area contributed by atoms with Crippen LogP contribution in [-0.4, -0.2) is 42.7 Å². The van der Waals surface area contributed by atoms with Crippen molar-refractivity contribution >= 4 is 34.0 Å². The van der Waals surface area contributed by atoms with Crippen molar-refractivity contribution in [2.45, 2.75) is 12.6 Å². The van der Waals surface area contributed by atoms with Gasteiger partial charge >= 0.3 is 0 Å². The molecule has 0 aliphatic rings. The summed E-state index contributed by atoms with van der Waals surface area (Å²) in [6.45, 7) is -0.200. The van der Waals surface area contributed by atoms with Gasteiger partial charge in [-0.1, -0.05) is 11.6 Å². The van der Waals surface area contributed by atoms with Gasteiger partial charge < -0.3 is 15.5 Å². The number of anilines is 2. The molecule has 0 fully saturated rings. The van der Waals surface area contributed by atoms with E-state index in [4.69, 9.17) is 16.7 Å². The van der Waals surface area contributed by atoms with Crippen LogP contribution >= 0.6 is 11.6 Å². The summed E-state index contributed by atoms with van der Waals surface area (Å²) < 4.78 is 15.7. The van der Waals surface area contributed by atoms with Crippen LogP contribution in [0, 0.1) is 5.82 Å². The Labute approximate surface area is 170 Å². The van der Waals surface area contributed by atoms with Crippen LogP contribution in [-0.2, 0) is 6.54 Å². The lowest BCUT2D eigenvalue weighted by atomic mass is 10.1. The average Bonchev–Trinajstić information content (AvgIpc) is 3.13. The van der Waals surface area contributed by atoms with E-state index in [0.717, 1.165) is 0 Å². The highest BCUT2D eigenvalue weighted by molar-refractivity contribution is 6.30. The summed E-state index contributed by atoms with van der Waals surface area (Å²) in [6, 6.07) is 9.56. The number of hydrogen-bond donors (Lipinski definition) is 3. The summed E-state index contributed by atoms with van der Waals surface area (Å²) in [5, 5.41) is 26.7. The van der Waals surface area contributed by atoms with Crippen LogP contribution in [0.2, 0.25) is 5.02 Å². The Morgan fingerprint density at radius 1 is 1.14 bits per heavy atom. The predicted molar refractivity (Wildman–Crippen MR) is 109 cm³/mol. The Balaban J connectivity index is 1.66. The van der Waals surface area contributed by atoms with Crippen LogP contribution in [0.1, 0.15) is 0 Å². The third kappa shape index (κ3) is 4.19. The van der Waals surface area contributed by atoms with Crippen molar-refractivity contribution in [2.75, 3.05) is 11.9 Å². The Hall–Kier alpha value is -3.07. The van der Waals surface area contributed by atoms with Crippen molar-refractivity contribution in [3.63, 3.8) is 0 Å². The fraction of sp³-hybridized carbons (Fsp3) is 0.150. The maximum atomic E-state index is 14.2. The van der Waals surface area contributed by atoms with E-state index in [1.54, 1.807) is 36.8 Å². The molecule has 1 aromatic carbocycles. The molecule has 4 rings (SSSR count). The third-order valence-electron chi connectivity index (χ3n) is 4.30. The number of aliphatic hydroxyl groups excluding tert-OH is 2. The molecule has 1 unspecified atom stereocenters. The van der Waals surface area contributed by atoms with Crippen LogP contribution in [0.4, 0.5) is 15.8 Å². The minimum Gasteiger partial charge on any atom is -0.394 e. The summed E-state index contributed by atoms with van der Waals surface area (Å²) in [4.78, 5) is 8.52. The zero-order valence-electron chi connectivity index (χ0n) is 15.1. The van der Waals surface area contributed by atoms with E-state index in [1.165, 1.54) is 22.9 Å². The molecule has 0 bridgehead atoms. The van der Waals surface area contributed by atoms with Gasteiger partial charge in [0.1, 0.15) is 16.9 Å². The largest absolute Gasteiger partial charge is 0.394 e. The number of benzene rings is 1.